The fourth-order valence-corrected chi connectivity index (χ4v) is 3.25. The highest BCUT2D eigenvalue weighted by atomic mass is 32.2. The van der Waals surface area contributed by atoms with Gasteiger partial charge in [-0.25, -0.2) is 8.42 Å². The highest BCUT2D eigenvalue weighted by Crippen LogP contribution is 2.22. The van der Waals surface area contributed by atoms with Crippen molar-refractivity contribution in [2.75, 3.05) is 4.72 Å². The topological polar surface area (TPSA) is 89.3 Å². The van der Waals surface area contributed by atoms with Gasteiger partial charge >= 0.3 is 0 Å². The fourth-order valence-electron chi connectivity index (χ4n) is 1.96. The lowest BCUT2D eigenvalue weighted by Gasteiger charge is -2.10. The van der Waals surface area contributed by atoms with Gasteiger partial charge in [0.2, 0.25) is 0 Å². The largest absolute Gasteiger partial charge is 0.280 e. The number of anilines is 1. The van der Waals surface area contributed by atoms with Gasteiger partial charge in [-0.1, -0.05) is 17.7 Å². The third-order valence-electron chi connectivity index (χ3n) is 2.95. The van der Waals surface area contributed by atoms with Crippen LogP contribution >= 0.6 is 0 Å². The van der Waals surface area contributed by atoms with Gasteiger partial charge in [-0.3, -0.25) is 14.8 Å². The molecular weight excluding hydrogens is 292 g/mol. The molecule has 0 fully saturated rings. The first-order chi connectivity index (χ1) is 9.79. The van der Waals surface area contributed by atoms with Gasteiger partial charge in [0, 0.05) is 17.8 Å². The molecule has 0 saturated heterocycles. The van der Waals surface area contributed by atoms with Crippen molar-refractivity contribution < 1.29 is 13.3 Å². The highest BCUT2D eigenvalue weighted by molar-refractivity contribution is 7.92. The van der Waals surface area contributed by atoms with E-state index in [-0.39, 0.29) is 16.3 Å². The first kappa shape index (κ1) is 15.0. The second kappa shape index (κ2) is 5.53. The Kier molecular flexibility index (Phi) is 3.95. The Labute approximate surface area is 122 Å². The van der Waals surface area contributed by atoms with E-state index in [4.69, 9.17) is 0 Å². The summed E-state index contributed by atoms with van der Waals surface area (Å²) in [6.07, 6.45) is 0. The van der Waals surface area contributed by atoms with Gasteiger partial charge in [0.15, 0.2) is 0 Å². The summed E-state index contributed by atoms with van der Waals surface area (Å²) >= 11 is 0. The standard InChI is InChI=1S/C14H14N2O4S/c1-10-3-8-14(11(2)9-10)21(19,20)15-12-4-6-13(7-5-12)16(17)18/h3-9,15H,1-2H3. The second-order valence-electron chi connectivity index (χ2n) is 4.68. The minimum atomic E-state index is -3.71. The number of non-ortho nitro benzene ring substituents is 1. The summed E-state index contributed by atoms with van der Waals surface area (Å²) in [7, 11) is -3.71. The Hall–Kier alpha value is -2.41. The van der Waals surface area contributed by atoms with E-state index in [1.165, 1.54) is 24.3 Å². The van der Waals surface area contributed by atoms with Crippen molar-refractivity contribution in [3.8, 4) is 0 Å². The van der Waals surface area contributed by atoms with Crippen molar-refractivity contribution in [1.29, 1.82) is 0 Å². The van der Waals surface area contributed by atoms with Crippen LogP contribution in [0.4, 0.5) is 11.4 Å². The van der Waals surface area contributed by atoms with Crippen LogP contribution in [0.1, 0.15) is 11.1 Å². The number of rotatable bonds is 4. The van der Waals surface area contributed by atoms with Crippen LogP contribution in [0.25, 0.3) is 0 Å². The molecule has 0 aromatic heterocycles. The van der Waals surface area contributed by atoms with Gasteiger partial charge in [-0.2, -0.15) is 0 Å². The van der Waals surface area contributed by atoms with Gasteiger partial charge in [-0.15, -0.1) is 0 Å². The summed E-state index contributed by atoms with van der Waals surface area (Å²) in [5.41, 5.74) is 1.80. The average molecular weight is 306 g/mol. The minimum absolute atomic E-state index is 0.0931. The SMILES string of the molecule is Cc1ccc(S(=O)(=O)Nc2ccc([N+](=O)[O-])cc2)c(C)c1. The summed E-state index contributed by atoms with van der Waals surface area (Å²) in [6.45, 7) is 3.60. The first-order valence-electron chi connectivity index (χ1n) is 6.14. The molecule has 0 heterocycles. The van der Waals surface area contributed by atoms with Crippen LogP contribution in [0.15, 0.2) is 47.4 Å². The fraction of sp³-hybridized carbons (Fsp3) is 0.143. The Balaban J connectivity index is 2.30. The number of sulfonamides is 1. The third kappa shape index (κ3) is 3.38. The predicted molar refractivity (Wildman–Crippen MR) is 79.8 cm³/mol. The highest BCUT2D eigenvalue weighted by Gasteiger charge is 2.17. The molecule has 2 aromatic rings. The van der Waals surface area contributed by atoms with E-state index in [0.717, 1.165) is 5.56 Å². The maximum atomic E-state index is 12.3. The number of hydrogen-bond donors (Lipinski definition) is 1. The quantitative estimate of drug-likeness (QED) is 0.694. The molecule has 2 rings (SSSR count). The maximum Gasteiger partial charge on any atom is 0.269 e. The van der Waals surface area contributed by atoms with Gasteiger partial charge in [0.1, 0.15) is 0 Å². The Morgan fingerprint density at radius 1 is 1.05 bits per heavy atom. The van der Waals surface area contributed by atoms with Crippen molar-refractivity contribution in [3.63, 3.8) is 0 Å². The van der Waals surface area contributed by atoms with Crippen molar-refractivity contribution in [2.24, 2.45) is 0 Å². The molecule has 0 bridgehead atoms. The molecule has 0 aliphatic carbocycles. The van der Waals surface area contributed by atoms with Crippen molar-refractivity contribution in [3.05, 3.63) is 63.7 Å². The van der Waals surface area contributed by atoms with Crippen molar-refractivity contribution >= 4 is 21.4 Å². The van der Waals surface area contributed by atoms with Crippen LogP contribution in [0.3, 0.4) is 0 Å². The summed E-state index contributed by atoms with van der Waals surface area (Å²) < 4.78 is 27.0. The molecule has 0 amide bonds. The zero-order valence-electron chi connectivity index (χ0n) is 11.5. The van der Waals surface area contributed by atoms with Gasteiger partial charge in [-0.05, 0) is 37.6 Å². The predicted octanol–water partition coefficient (Wildman–Crippen LogP) is 3.01. The number of nitro benzene ring substituents is 1. The Morgan fingerprint density at radius 2 is 1.67 bits per heavy atom. The lowest BCUT2D eigenvalue weighted by atomic mass is 10.2. The molecule has 21 heavy (non-hydrogen) atoms. The summed E-state index contributed by atoms with van der Waals surface area (Å²) in [4.78, 5) is 10.2. The van der Waals surface area contributed by atoms with E-state index < -0.39 is 14.9 Å². The molecule has 0 aliphatic rings. The van der Waals surface area contributed by atoms with Gasteiger partial charge in [0.05, 0.1) is 9.82 Å². The Morgan fingerprint density at radius 3 is 2.19 bits per heavy atom. The number of nitro groups is 1. The van der Waals surface area contributed by atoms with Crippen LogP contribution in [0.2, 0.25) is 0 Å². The molecule has 0 saturated carbocycles. The number of nitrogens with zero attached hydrogens (tertiary/aromatic N) is 1. The van der Waals surface area contributed by atoms with E-state index in [0.29, 0.717) is 5.56 Å². The molecule has 6 nitrogen and oxygen atoms in total. The first-order valence-corrected chi connectivity index (χ1v) is 7.62. The number of nitrogens with one attached hydrogen (secondary N) is 1. The summed E-state index contributed by atoms with van der Waals surface area (Å²) in [6, 6.07) is 10.3. The molecule has 7 heteroatoms. The second-order valence-corrected chi connectivity index (χ2v) is 6.33. The normalized spacial score (nSPS) is 11.1. The monoisotopic (exact) mass is 306 g/mol. The van der Waals surface area contributed by atoms with Gasteiger partial charge < -0.3 is 0 Å². The van der Waals surface area contributed by atoms with Gasteiger partial charge in [0.25, 0.3) is 15.7 Å². The lowest BCUT2D eigenvalue weighted by molar-refractivity contribution is -0.384. The number of benzene rings is 2. The van der Waals surface area contributed by atoms with E-state index in [1.807, 2.05) is 6.92 Å². The van der Waals surface area contributed by atoms with E-state index in [2.05, 4.69) is 4.72 Å². The van der Waals surface area contributed by atoms with Crippen molar-refractivity contribution in [2.45, 2.75) is 18.7 Å². The molecule has 0 radical (unpaired) electrons. The molecule has 0 spiro atoms. The van der Waals surface area contributed by atoms with Crippen LogP contribution in [-0.2, 0) is 10.0 Å². The molecular formula is C14H14N2O4S. The summed E-state index contributed by atoms with van der Waals surface area (Å²) in [5, 5.41) is 10.6. The molecule has 1 N–H and O–H groups in total. The molecule has 2 aromatic carbocycles. The van der Waals surface area contributed by atoms with E-state index in [9.17, 15) is 18.5 Å². The Bertz CT molecular complexity index is 783. The van der Waals surface area contributed by atoms with Crippen LogP contribution in [0, 0.1) is 24.0 Å². The van der Waals surface area contributed by atoms with Crippen LogP contribution in [0.5, 0.6) is 0 Å². The third-order valence-corrected chi connectivity index (χ3v) is 4.49. The van der Waals surface area contributed by atoms with Crippen molar-refractivity contribution in [1.82, 2.24) is 0 Å². The number of aryl methyl sites for hydroxylation is 2. The summed E-state index contributed by atoms with van der Waals surface area (Å²) in [5.74, 6) is 0. The van der Waals surface area contributed by atoms with Crippen LogP contribution in [-0.4, -0.2) is 13.3 Å². The lowest BCUT2D eigenvalue weighted by Crippen LogP contribution is -2.14. The zero-order chi connectivity index (χ0) is 15.6. The van der Waals surface area contributed by atoms with E-state index >= 15 is 0 Å². The van der Waals surface area contributed by atoms with E-state index in [1.54, 1.807) is 25.1 Å². The van der Waals surface area contributed by atoms with Crippen LogP contribution < -0.4 is 4.72 Å². The maximum absolute atomic E-state index is 12.3. The molecule has 0 unspecified atom stereocenters. The molecule has 0 atom stereocenters. The molecule has 0 aliphatic heterocycles. The smallest absolute Gasteiger partial charge is 0.269 e. The number of hydrogen-bond acceptors (Lipinski definition) is 4. The molecule has 110 valence electrons. The average Bonchev–Trinajstić information content (AvgIpc) is 2.38. The zero-order valence-corrected chi connectivity index (χ0v) is 12.3. The minimum Gasteiger partial charge on any atom is -0.280 e.